The summed E-state index contributed by atoms with van der Waals surface area (Å²) in [6.45, 7) is 1.01. The fraction of sp³-hybridized carbons (Fsp3) is 0.357. The first kappa shape index (κ1) is 15.1. The van der Waals surface area contributed by atoms with E-state index in [-0.39, 0.29) is 11.9 Å². The second-order valence-corrected chi connectivity index (χ2v) is 6.15. The van der Waals surface area contributed by atoms with Crippen LogP contribution in [0.25, 0.3) is 0 Å². The number of aliphatic hydroxyl groups is 1. The molecular weight excluding hydrogens is 350 g/mol. The van der Waals surface area contributed by atoms with Crippen molar-refractivity contribution < 1.29 is 9.90 Å². The molecule has 0 radical (unpaired) electrons. The summed E-state index contributed by atoms with van der Waals surface area (Å²) in [6, 6.07) is 7.51. The summed E-state index contributed by atoms with van der Waals surface area (Å²) in [6.07, 6.45) is 1.51. The molecule has 3 rings (SSSR count). The SMILES string of the molecule is O=C(Nc1ncn(Cc2cccc(Br)c2)n1)C1CC(O)CN1. The lowest BCUT2D eigenvalue weighted by atomic mass is 10.2. The van der Waals surface area contributed by atoms with Crippen LogP contribution in [0.3, 0.4) is 0 Å². The minimum Gasteiger partial charge on any atom is -0.392 e. The zero-order chi connectivity index (χ0) is 15.5. The van der Waals surface area contributed by atoms with Gasteiger partial charge in [0.2, 0.25) is 11.9 Å². The van der Waals surface area contributed by atoms with Gasteiger partial charge in [0.1, 0.15) is 6.33 Å². The van der Waals surface area contributed by atoms with Crippen molar-refractivity contribution in [3.8, 4) is 0 Å². The molecule has 0 aliphatic carbocycles. The molecule has 7 nitrogen and oxygen atoms in total. The standard InChI is InChI=1S/C14H16BrN5O2/c15-10-3-1-2-9(4-10)7-20-8-17-14(19-20)18-13(22)12-5-11(21)6-16-12/h1-4,8,11-12,16,21H,5-7H2,(H,18,19,22). The minimum atomic E-state index is -0.474. The van der Waals surface area contributed by atoms with Gasteiger partial charge in [-0.25, -0.2) is 9.67 Å². The number of hydrogen-bond donors (Lipinski definition) is 3. The molecule has 1 aromatic heterocycles. The Bertz CT molecular complexity index is 675. The molecule has 1 aliphatic rings. The van der Waals surface area contributed by atoms with E-state index >= 15 is 0 Å². The van der Waals surface area contributed by atoms with Crippen LogP contribution in [0.4, 0.5) is 5.95 Å². The van der Waals surface area contributed by atoms with Gasteiger partial charge in [-0.3, -0.25) is 10.1 Å². The van der Waals surface area contributed by atoms with Crippen LogP contribution in [0.5, 0.6) is 0 Å². The molecule has 3 N–H and O–H groups in total. The lowest BCUT2D eigenvalue weighted by Crippen LogP contribution is -2.35. The number of carbonyl (C=O) groups excluding carboxylic acids is 1. The summed E-state index contributed by atoms with van der Waals surface area (Å²) in [5.74, 6) is 0.0416. The molecule has 1 amide bonds. The van der Waals surface area contributed by atoms with Crippen molar-refractivity contribution in [1.82, 2.24) is 20.1 Å². The van der Waals surface area contributed by atoms with Crippen LogP contribution in [0, 0.1) is 0 Å². The fourth-order valence-corrected chi connectivity index (χ4v) is 2.81. The van der Waals surface area contributed by atoms with E-state index in [0.717, 1.165) is 10.0 Å². The number of aliphatic hydroxyl groups excluding tert-OH is 1. The van der Waals surface area contributed by atoms with E-state index in [0.29, 0.717) is 19.5 Å². The van der Waals surface area contributed by atoms with Crippen LogP contribution in [0.1, 0.15) is 12.0 Å². The number of β-amino-alcohol motifs (C(OH)–C–C–N with tert-alkyl or cyclic N) is 1. The normalized spacial score (nSPS) is 21.0. The maximum absolute atomic E-state index is 12.0. The van der Waals surface area contributed by atoms with Crippen molar-refractivity contribution in [2.45, 2.75) is 25.1 Å². The molecule has 22 heavy (non-hydrogen) atoms. The molecule has 1 aliphatic heterocycles. The molecule has 1 saturated heterocycles. The summed E-state index contributed by atoms with van der Waals surface area (Å²) in [7, 11) is 0. The highest BCUT2D eigenvalue weighted by atomic mass is 79.9. The van der Waals surface area contributed by atoms with Gasteiger partial charge in [0.25, 0.3) is 0 Å². The number of carbonyl (C=O) groups is 1. The summed E-state index contributed by atoms with van der Waals surface area (Å²) in [5, 5.41) is 19.3. The molecule has 0 bridgehead atoms. The highest BCUT2D eigenvalue weighted by molar-refractivity contribution is 9.10. The van der Waals surface area contributed by atoms with E-state index in [1.165, 1.54) is 0 Å². The molecule has 2 atom stereocenters. The van der Waals surface area contributed by atoms with E-state index < -0.39 is 12.1 Å². The Morgan fingerprint density at radius 3 is 3.14 bits per heavy atom. The van der Waals surface area contributed by atoms with Crippen molar-refractivity contribution in [3.63, 3.8) is 0 Å². The Kier molecular flexibility index (Phi) is 4.51. The predicted octanol–water partition coefficient (Wildman–Crippen LogP) is 0.750. The van der Waals surface area contributed by atoms with Crippen LogP contribution in [-0.4, -0.2) is 44.5 Å². The third-order valence-corrected chi connectivity index (χ3v) is 3.92. The zero-order valence-electron chi connectivity index (χ0n) is 11.7. The summed E-state index contributed by atoms with van der Waals surface area (Å²) >= 11 is 3.43. The Hall–Kier alpha value is -1.77. The molecule has 0 spiro atoms. The quantitative estimate of drug-likeness (QED) is 0.743. The largest absolute Gasteiger partial charge is 0.392 e. The fourth-order valence-electron chi connectivity index (χ4n) is 2.36. The summed E-state index contributed by atoms with van der Waals surface area (Å²) < 4.78 is 2.67. The van der Waals surface area contributed by atoms with Crippen molar-refractivity contribution in [2.24, 2.45) is 0 Å². The number of anilines is 1. The predicted molar refractivity (Wildman–Crippen MR) is 84.3 cm³/mol. The van der Waals surface area contributed by atoms with E-state index in [9.17, 15) is 9.90 Å². The maximum atomic E-state index is 12.0. The van der Waals surface area contributed by atoms with Crippen molar-refractivity contribution in [3.05, 3.63) is 40.6 Å². The lowest BCUT2D eigenvalue weighted by molar-refractivity contribution is -0.118. The van der Waals surface area contributed by atoms with Crippen LogP contribution in [-0.2, 0) is 11.3 Å². The number of nitrogens with zero attached hydrogens (tertiary/aromatic N) is 3. The molecule has 1 fully saturated rings. The topological polar surface area (TPSA) is 92.1 Å². The van der Waals surface area contributed by atoms with Gasteiger partial charge in [-0.2, -0.15) is 0 Å². The lowest BCUT2D eigenvalue weighted by Gasteiger charge is -2.08. The molecule has 2 heterocycles. The van der Waals surface area contributed by atoms with E-state index in [1.54, 1.807) is 11.0 Å². The number of amides is 1. The molecular formula is C14H16BrN5O2. The zero-order valence-corrected chi connectivity index (χ0v) is 13.3. The number of nitrogens with one attached hydrogen (secondary N) is 2. The van der Waals surface area contributed by atoms with Gasteiger partial charge in [-0.05, 0) is 24.1 Å². The Morgan fingerprint density at radius 1 is 1.55 bits per heavy atom. The Morgan fingerprint density at radius 2 is 2.41 bits per heavy atom. The molecule has 1 aromatic carbocycles. The highest BCUT2D eigenvalue weighted by Gasteiger charge is 2.28. The van der Waals surface area contributed by atoms with Crippen LogP contribution < -0.4 is 10.6 Å². The smallest absolute Gasteiger partial charge is 0.248 e. The first-order valence-corrected chi connectivity index (χ1v) is 7.75. The van der Waals surface area contributed by atoms with Crippen molar-refractivity contribution in [1.29, 1.82) is 0 Å². The maximum Gasteiger partial charge on any atom is 0.248 e. The average molecular weight is 366 g/mol. The van der Waals surface area contributed by atoms with E-state index in [1.807, 2.05) is 24.3 Å². The third kappa shape index (κ3) is 3.70. The highest BCUT2D eigenvalue weighted by Crippen LogP contribution is 2.13. The third-order valence-electron chi connectivity index (χ3n) is 3.43. The summed E-state index contributed by atoms with van der Waals surface area (Å²) in [4.78, 5) is 16.1. The van der Waals surface area contributed by atoms with Gasteiger partial charge in [-0.15, -0.1) is 5.10 Å². The molecule has 2 aromatic rings. The van der Waals surface area contributed by atoms with Crippen molar-refractivity contribution >= 4 is 27.8 Å². The second-order valence-electron chi connectivity index (χ2n) is 5.24. The number of halogens is 1. The van der Waals surface area contributed by atoms with Gasteiger partial charge in [0, 0.05) is 11.0 Å². The number of rotatable bonds is 4. The number of benzene rings is 1. The minimum absolute atomic E-state index is 0.225. The molecule has 0 saturated carbocycles. The number of hydrogen-bond acceptors (Lipinski definition) is 5. The van der Waals surface area contributed by atoms with Crippen LogP contribution >= 0.6 is 15.9 Å². The van der Waals surface area contributed by atoms with Gasteiger partial charge >= 0.3 is 0 Å². The number of aromatic nitrogens is 3. The Balaban J connectivity index is 1.60. The monoisotopic (exact) mass is 365 g/mol. The van der Waals surface area contributed by atoms with Gasteiger partial charge in [-0.1, -0.05) is 28.1 Å². The molecule has 116 valence electrons. The van der Waals surface area contributed by atoms with Crippen LogP contribution in [0.2, 0.25) is 0 Å². The van der Waals surface area contributed by atoms with E-state index in [2.05, 4.69) is 36.6 Å². The summed E-state index contributed by atoms with van der Waals surface area (Å²) in [5.41, 5.74) is 1.08. The second kappa shape index (κ2) is 6.55. The van der Waals surface area contributed by atoms with Gasteiger partial charge < -0.3 is 10.4 Å². The van der Waals surface area contributed by atoms with Crippen molar-refractivity contribution in [2.75, 3.05) is 11.9 Å². The molecule has 8 heteroatoms. The average Bonchev–Trinajstić information content (AvgIpc) is 3.08. The van der Waals surface area contributed by atoms with Gasteiger partial charge in [0.05, 0.1) is 18.7 Å². The Labute approximate surface area is 135 Å². The molecule has 2 unspecified atom stereocenters. The van der Waals surface area contributed by atoms with Gasteiger partial charge in [0.15, 0.2) is 0 Å². The van der Waals surface area contributed by atoms with Crippen LogP contribution in [0.15, 0.2) is 35.1 Å². The van der Waals surface area contributed by atoms with E-state index in [4.69, 9.17) is 0 Å². The first-order valence-electron chi connectivity index (χ1n) is 6.96. The first-order chi connectivity index (χ1) is 10.6.